The molecule has 1 atom stereocenters. The predicted octanol–water partition coefficient (Wildman–Crippen LogP) is 0.845. The van der Waals surface area contributed by atoms with Crippen LogP contribution in [0.1, 0.15) is 37.1 Å². The molecule has 2 heterocycles. The molecule has 0 radical (unpaired) electrons. The molecular weight excluding hydrogens is 204 g/mol. The van der Waals surface area contributed by atoms with E-state index in [9.17, 15) is 5.11 Å². The van der Waals surface area contributed by atoms with E-state index in [-0.39, 0.29) is 6.54 Å². The van der Waals surface area contributed by atoms with Gasteiger partial charge in [0.25, 0.3) is 0 Å². The summed E-state index contributed by atoms with van der Waals surface area (Å²) in [6.45, 7) is 4.35. The van der Waals surface area contributed by atoms with Gasteiger partial charge < -0.3 is 10.8 Å². The molecule has 0 fully saturated rings. The minimum absolute atomic E-state index is 0.186. The van der Waals surface area contributed by atoms with Crippen molar-refractivity contribution in [2.24, 2.45) is 5.73 Å². The van der Waals surface area contributed by atoms with Crippen LogP contribution in [0, 0.1) is 0 Å². The molecule has 2 rings (SSSR count). The van der Waals surface area contributed by atoms with Gasteiger partial charge in [0.15, 0.2) is 5.65 Å². The van der Waals surface area contributed by atoms with Gasteiger partial charge in [-0.1, -0.05) is 13.8 Å². The molecule has 5 nitrogen and oxygen atoms in total. The van der Waals surface area contributed by atoms with Crippen LogP contribution in [-0.4, -0.2) is 26.2 Å². The molecule has 0 aromatic carbocycles. The summed E-state index contributed by atoms with van der Waals surface area (Å²) in [7, 11) is 0. The topological polar surface area (TPSA) is 76.4 Å². The van der Waals surface area contributed by atoms with E-state index in [0.29, 0.717) is 11.5 Å². The molecule has 86 valence electrons. The van der Waals surface area contributed by atoms with Gasteiger partial charge in [-0.15, -0.1) is 0 Å². The third kappa shape index (κ3) is 1.91. The highest BCUT2D eigenvalue weighted by molar-refractivity contribution is 5.40. The van der Waals surface area contributed by atoms with Crippen molar-refractivity contribution in [1.82, 2.24) is 14.6 Å². The smallest absolute Gasteiger partial charge is 0.155 e. The maximum absolute atomic E-state index is 9.60. The molecule has 5 heteroatoms. The molecule has 0 saturated heterocycles. The summed E-state index contributed by atoms with van der Waals surface area (Å²) < 4.78 is 1.68. The zero-order valence-electron chi connectivity index (χ0n) is 9.46. The number of fused-ring (bicyclic) bond motifs is 1. The Labute approximate surface area is 93.9 Å². The number of rotatable bonds is 3. The van der Waals surface area contributed by atoms with Crippen molar-refractivity contribution in [3.63, 3.8) is 0 Å². The lowest BCUT2D eigenvalue weighted by molar-refractivity contribution is 0.185. The minimum atomic E-state index is -0.677. The van der Waals surface area contributed by atoms with E-state index in [1.54, 1.807) is 16.9 Å². The van der Waals surface area contributed by atoms with Crippen molar-refractivity contribution in [2.75, 3.05) is 6.54 Å². The van der Waals surface area contributed by atoms with E-state index < -0.39 is 6.10 Å². The van der Waals surface area contributed by atoms with Crippen LogP contribution in [0.4, 0.5) is 0 Å². The number of hydrogen-bond donors (Lipinski definition) is 2. The number of nitrogens with two attached hydrogens (primary N) is 1. The van der Waals surface area contributed by atoms with Gasteiger partial charge in [0.05, 0.1) is 11.8 Å². The van der Waals surface area contributed by atoms with Gasteiger partial charge in [0.1, 0.15) is 0 Å². The lowest BCUT2D eigenvalue weighted by atomic mass is 10.1. The molecule has 0 aliphatic rings. The molecule has 0 spiro atoms. The molecule has 0 saturated carbocycles. The summed E-state index contributed by atoms with van der Waals surface area (Å²) in [5, 5.41) is 14.0. The Bertz CT molecular complexity index is 492. The van der Waals surface area contributed by atoms with Gasteiger partial charge in [-0.05, 0) is 5.92 Å². The van der Waals surface area contributed by atoms with Crippen molar-refractivity contribution < 1.29 is 5.11 Å². The van der Waals surface area contributed by atoms with Crippen molar-refractivity contribution in [3.05, 3.63) is 29.7 Å². The number of aliphatic hydroxyl groups is 1. The van der Waals surface area contributed by atoms with Crippen molar-refractivity contribution in [2.45, 2.75) is 25.9 Å². The summed E-state index contributed by atoms with van der Waals surface area (Å²) in [6.07, 6.45) is 2.73. The van der Waals surface area contributed by atoms with E-state index in [1.165, 1.54) is 0 Å². The van der Waals surface area contributed by atoms with Crippen molar-refractivity contribution in [3.8, 4) is 0 Å². The van der Waals surface area contributed by atoms with Crippen molar-refractivity contribution >= 4 is 5.65 Å². The monoisotopic (exact) mass is 220 g/mol. The van der Waals surface area contributed by atoms with E-state index in [1.807, 2.05) is 6.07 Å². The highest BCUT2D eigenvalue weighted by Gasteiger charge is 2.10. The van der Waals surface area contributed by atoms with Crippen LogP contribution in [0.25, 0.3) is 5.65 Å². The Kier molecular flexibility index (Phi) is 2.89. The third-order valence-electron chi connectivity index (χ3n) is 2.55. The van der Waals surface area contributed by atoms with E-state index in [4.69, 9.17) is 5.73 Å². The normalized spacial score (nSPS) is 13.6. The van der Waals surface area contributed by atoms with E-state index in [2.05, 4.69) is 23.9 Å². The first-order valence-corrected chi connectivity index (χ1v) is 5.35. The summed E-state index contributed by atoms with van der Waals surface area (Å²) >= 11 is 0. The van der Waals surface area contributed by atoms with Gasteiger partial charge in [0, 0.05) is 30.6 Å². The fourth-order valence-corrected chi connectivity index (χ4v) is 1.50. The second-order valence-corrected chi connectivity index (χ2v) is 4.17. The predicted molar refractivity (Wildman–Crippen MR) is 61.1 cm³/mol. The Morgan fingerprint density at radius 3 is 2.88 bits per heavy atom. The molecule has 0 amide bonds. The average Bonchev–Trinajstić information content (AvgIpc) is 2.70. The van der Waals surface area contributed by atoms with Crippen LogP contribution in [0.2, 0.25) is 0 Å². The number of aliphatic hydroxyl groups excluding tert-OH is 1. The molecule has 0 aliphatic heterocycles. The Balaban J connectivity index is 2.45. The Morgan fingerprint density at radius 2 is 2.25 bits per heavy atom. The highest BCUT2D eigenvalue weighted by Crippen LogP contribution is 2.16. The molecule has 2 aromatic heterocycles. The molecule has 1 unspecified atom stereocenters. The molecule has 2 aromatic rings. The summed E-state index contributed by atoms with van der Waals surface area (Å²) in [5.41, 5.74) is 7.86. The number of nitrogens with zero attached hydrogens (tertiary/aromatic N) is 3. The quantitative estimate of drug-likeness (QED) is 0.803. The Hall–Kier alpha value is -1.46. The van der Waals surface area contributed by atoms with E-state index in [0.717, 1.165) is 11.3 Å². The van der Waals surface area contributed by atoms with Crippen LogP contribution in [0.3, 0.4) is 0 Å². The molecule has 3 N–H and O–H groups in total. The van der Waals surface area contributed by atoms with Gasteiger partial charge in [-0.3, -0.25) is 0 Å². The second kappa shape index (κ2) is 4.19. The lowest BCUT2D eigenvalue weighted by Gasteiger charge is -2.06. The minimum Gasteiger partial charge on any atom is -0.387 e. The van der Waals surface area contributed by atoms with Gasteiger partial charge in [-0.2, -0.15) is 5.10 Å². The third-order valence-corrected chi connectivity index (χ3v) is 2.55. The molecule has 0 bridgehead atoms. The molecule has 0 aliphatic carbocycles. The standard InChI is InChI=1S/C11H16N4O/c1-7(2)9-3-11-13-5-8(10(16)4-12)6-15(11)14-9/h3,5-7,10,16H,4,12H2,1-2H3. The van der Waals surface area contributed by atoms with E-state index >= 15 is 0 Å². The maximum atomic E-state index is 9.60. The first-order chi connectivity index (χ1) is 7.61. The largest absolute Gasteiger partial charge is 0.387 e. The Morgan fingerprint density at radius 1 is 1.50 bits per heavy atom. The summed E-state index contributed by atoms with van der Waals surface area (Å²) in [5.74, 6) is 0.365. The van der Waals surface area contributed by atoms with Gasteiger partial charge >= 0.3 is 0 Å². The summed E-state index contributed by atoms with van der Waals surface area (Å²) in [6, 6.07) is 1.95. The number of aromatic nitrogens is 3. The van der Waals surface area contributed by atoms with Crippen LogP contribution in [0.15, 0.2) is 18.5 Å². The molecular formula is C11H16N4O. The first kappa shape index (κ1) is 11.0. The molecule has 16 heavy (non-hydrogen) atoms. The fraction of sp³-hybridized carbons (Fsp3) is 0.455. The zero-order valence-corrected chi connectivity index (χ0v) is 9.46. The second-order valence-electron chi connectivity index (χ2n) is 4.17. The van der Waals surface area contributed by atoms with Crippen LogP contribution >= 0.6 is 0 Å². The SMILES string of the molecule is CC(C)c1cc2ncc(C(O)CN)cn2n1. The maximum Gasteiger partial charge on any atom is 0.155 e. The number of hydrogen-bond acceptors (Lipinski definition) is 4. The van der Waals surface area contributed by atoms with Crippen LogP contribution < -0.4 is 5.73 Å². The average molecular weight is 220 g/mol. The first-order valence-electron chi connectivity index (χ1n) is 5.35. The van der Waals surface area contributed by atoms with Gasteiger partial charge in [-0.25, -0.2) is 9.50 Å². The fourth-order valence-electron chi connectivity index (χ4n) is 1.50. The lowest BCUT2D eigenvalue weighted by Crippen LogP contribution is -2.12. The van der Waals surface area contributed by atoms with Crippen LogP contribution in [-0.2, 0) is 0 Å². The zero-order chi connectivity index (χ0) is 11.7. The van der Waals surface area contributed by atoms with Crippen molar-refractivity contribution in [1.29, 1.82) is 0 Å². The van der Waals surface area contributed by atoms with Crippen LogP contribution in [0.5, 0.6) is 0 Å². The van der Waals surface area contributed by atoms with Gasteiger partial charge in [0.2, 0.25) is 0 Å². The summed E-state index contributed by atoms with van der Waals surface area (Å²) in [4.78, 5) is 4.24. The highest BCUT2D eigenvalue weighted by atomic mass is 16.3.